The lowest BCUT2D eigenvalue weighted by Crippen LogP contribution is -2.40. The minimum Gasteiger partial charge on any atom is -0.299 e. The van der Waals surface area contributed by atoms with Crippen molar-refractivity contribution in [1.82, 2.24) is 0 Å². The molecule has 1 fully saturated rings. The number of hydrogen-bond donors (Lipinski definition) is 0. The van der Waals surface area contributed by atoms with Gasteiger partial charge in [0.25, 0.3) is 0 Å². The van der Waals surface area contributed by atoms with Gasteiger partial charge in [-0.25, -0.2) is 0 Å². The summed E-state index contributed by atoms with van der Waals surface area (Å²) in [5.74, 6) is 1.08. The maximum absolute atomic E-state index is 12.8. The molecule has 0 spiro atoms. The molecular weight excluding hydrogens is 336 g/mol. The zero-order valence-electron chi connectivity index (χ0n) is 12.6. The SMILES string of the molecule is CC1CC(C)(CC(=O)C(C)(C)c2ccc(Cl)cc2Br)C1. The predicted octanol–water partition coefficient (Wildman–Crippen LogP) is 5.78. The summed E-state index contributed by atoms with van der Waals surface area (Å²) >= 11 is 9.52. The molecule has 0 saturated heterocycles. The number of carbonyl (C=O) groups excluding carboxylic acids is 1. The molecule has 1 aromatic rings. The Bertz CT molecular complexity index is 530. The summed E-state index contributed by atoms with van der Waals surface area (Å²) in [5, 5.41) is 0.684. The van der Waals surface area contributed by atoms with E-state index in [2.05, 4.69) is 29.8 Å². The number of carbonyl (C=O) groups is 1. The Morgan fingerprint density at radius 1 is 1.45 bits per heavy atom. The van der Waals surface area contributed by atoms with Crippen molar-refractivity contribution in [2.75, 3.05) is 0 Å². The van der Waals surface area contributed by atoms with E-state index in [1.165, 1.54) is 0 Å². The van der Waals surface area contributed by atoms with E-state index in [0.717, 1.165) is 28.8 Å². The third-order valence-electron chi connectivity index (χ3n) is 4.57. The van der Waals surface area contributed by atoms with Gasteiger partial charge in [-0.05, 0) is 55.7 Å². The number of benzene rings is 1. The molecule has 1 aliphatic rings. The average molecular weight is 358 g/mol. The standard InChI is InChI=1S/C17H22BrClO/c1-11-8-17(4,9-11)10-15(20)16(2,3)13-6-5-12(19)7-14(13)18/h5-7,11H,8-10H2,1-4H3. The maximum Gasteiger partial charge on any atom is 0.143 e. The van der Waals surface area contributed by atoms with Crippen LogP contribution in [-0.4, -0.2) is 5.78 Å². The Morgan fingerprint density at radius 2 is 2.05 bits per heavy atom. The molecular formula is C17H22BrClO. The smallest absolute Gasteiger partial charge is 0.143 e. The van der Waals surface area contributed by atoms with Crippen LogP contribution in [-0.2, 0) is 10.2 Å². The van der Waals surface area contributed by atoms with Gasteiger partial charge in [0.15, 0.2) is 0 Å². The number of Topliss-reactive ketones (excluding diaryl/α,β-unsaturated/α-hetero) is 1. The highest BCUT2D eigenvalue weighted by molar-refractivity contribution is 9.10. The number of ketones is 1. The minimum absolute atomic E-state index is 0.201. The first kappa shape index (κ1) is 16.0. The van der Waals surface area contributed by atoms with Gasteiger partial charge in [0.1, 0.15) is 5.78 Å². The Morgan fingerprint density at radius 3 is 2.55 bits per heavy atom. The van der Waals surface area contributed by atoms with Crippen molar-refractivity contribution >= 4 is 33.3 Å². The second kappa shape index (κ2) is 5.46. The van der Waals surface area contributed by atoms with Crippen LogP contribution in [0.5, 0.6) is 0 Å². The Hall–Kier alpha value is -0.340. The minimum atomic E-state index is -0.481. The van der Waals surface area contributed by atoms with E-state index in [4.69, 9.17) is 11.6 Å². The van der Waals surface area contributed by atoms with Crippen molar-refractivity contribution < 1.29 is 4.79 Å². The van der Waals surface area contributed by atoms with Gasteiger partial charge >= 0.3 is 0 Å². The molecule has 0 amide bonds. The molecule has 0 N–H and O–H groups in total. The van der Waals surface area contributed by atoms with Gasteiger partial charge in [-0.3, -0.25) is 4.79 Å². The van der Waals surface area contributed by atoms with E-state index in [1.807, 2.05) is 32.0 Å². The van der Waals surface area contributed by atoms with Crippen LogP contribution in [0.1, 0.15) is 52.5 Å². The van der Waals surface area contributed by atoms with Gasteiger partial charge in [-0.15, -0.1) is 0 Å². The van der Waals surface area contributed by atoms with Gasteiger partial charge in [-0.1, -0.05) is 47.4 Å². The van der Waals surface area contributed by atoms with Crippen molar-refractivity contribution in [3.05, 3.63) is 33.3 Å². The molecule has 0 atom stereocenters. The topological polar surface area (TPSA) is 17.1 Å². The highest BCUT2D eigenvalue weighted by Crippen LogP contribution is 2.49. The van der Waals surface area contributed by atoms with E-state index in [1.54, 1.807) is 0 Å². The van der Waals surface area contributed by atoms with Gasteiger partial charge in [0, 0.05) is 21.3 Å². The third-order valence-corrected chi connectivity index (χ3v) is 5.46. The molecule has 1 aliphatic carbocycles. The van der Waals surface area contributed by atoms with E-state index >= 15 is 0 Å². The zero-order chi connectivity index (χ0) is 15.1. The molecule has 0 unspecified atom stereocenters. The van der Waals surface area contributed by atoms with Crippen molar-refractivity contribution in [2.45, 2.75) is 52.4 Å². The molecule has 3 heteroatoms. The molecule has 0 heterocycles. The van der Waals surface area contributed by atoms with Crippen LogP contribution in [0.25, 0.3) is 0 Å². The van der Waals surface area contributed by atoms with E-state index in [-0.39, 0.29) is 5.41 Å². The predicted molar refractivity (Wildman–Crippen MR) is 88.3 cm³/mol. The summed E-state index contributed by atoms with van der Waals surface area (Å²) in [6, 6.07) is 5.67. The Kier molecular flexibility index (Phi) is 4.37. The lowest BCUT2D eigenvalue weighted by molar-refractivity contribution is -0.127. The molecule has 0 aliphatic heterocycles. The monoisotopic (exact) mass is 356 g/mol. The molecule has 1 nitrogen and oxygen atoms in total. The highest BCUT2D eigenvalue weighted by Gasteiger charge is 2.42. The lowest BCUT2D eigenvalue weighted by Gasteiger charge is -2.45. The van der Waals surface area contributed by atoms with Gasteiger partial charge in [-0.2, -0.15) is 0 Å². The van der Waals surface area contributed by atoms with Crippen molar-refractivity contribution in [2.24, 2.45) is 11.3 Å². The van der Waals surface area contributed by atoms with Crippen molar-refractivity contribution in [1.29, 1.82) is 0 Å². The van der Waals surface area contributed by atoms with E-state index in [9.17, 15) is 4.79 Å². The first-order chi connectivity index (χ1) is 9.14. The summed E-state index contributed by atoms with van der Waals surface area (Å²) in [5.41, 5.74) is 0.737. The largest absolute Gasteiger partial charge is 0.299 e. The van der Waals surface area contributed by atoms with Crippen LogP contribution in [0, 0.1) is 11.3 Å². The molecule has 0 aromatic heterocycles. The molecule has 110 valence electrons. The first-order valence-corrected chi connectivity index (χ1v) is 8.30. The summed E-state index contributed by atoms with van der Waals surface area (Å²) in [4.78, 5) is 12.8. The maximum atomic E-state index is 12.8. The zero-order valence-corrected chi connectivity index (χ0v) is 14.9. The summed E-state index contributed by atoms with van der Waals surface area (Å²) in [7, 11) is 0. The summed E-state index contributed by atoms with van der Waals surface area (Å²) in [6.45, 7) is 8.51. The highest BCUT2D eigenvalue weighted by atomic mass is 79.9. The molecule has 0 radical (unpaired) electrons. The second-order valence-corrected chi connectivity index (χ2v) is 8.46. The molecule has 0 bridgehead atoms. The fraction of sp³-hybridized carbons (Fsp3) is 0.588. The quantitative estimate of drug-likeness (QED) is 0.668. The second-order valence-electron chi connectivity index (χ2n) is 7.17. The summed E-state index contributed by atoms with van der Waals surface area (Å²) in [6.07, 6.45) is 2.99. The number of rotatable bonds is 4. The van der Waals surface area contributed by atoms with Crippen LogP contribution in [0.2, 0.25) is 5.02 Å². The van der Waals surface area contributed by atoms with Crippen LogP contribution in [0.4, 0.5) is 0 Å². The van der Waals surface area contributed by atoms with Gasteiger partial charge in [0.2, 0.25) is 0 Å². The van der Waals surface area contributed by atoms with Crippen molar-refractivity contribution in [3.63, 3.8) is 0 Å². The van der Waals surface area contributed by atoms with E-state index < -0.39 is 5.41 Å². The Labute approximate surface area is 135 Å². The summed E-state index contributed by atoms with van der Waals surface area (Å²) < 4.78 is 0.912. The average Bonchev–Trinajstić information content (AvgIpc) is 2.26. The molecule has 1 aromatic carbocycles. The lowest BCUT2D eigenvalue weighted by atomic mass is 9.60. The number of hydrogen-bond acceptors (Lipinski definition) is 1. The third kappa shape index (κ3) is 3.12. The van der Waals surface area contributed by atoms with Crippen molar-refractivity contribution in [3.8, 4) is 0 Å². The van der Waals surface area contributed by atoms with Crippen LogP contribution in [0.15, 0.2) is 22.7 Å². The molecule has 1 saturated carbocycles. The first-order valence-electron chi connectivity index (χ1n) is 7.13. The van der Waals surface area contributed by atoms with E-state index in [0.29, 0.717) is 17.2 Å². The normalized spacial score (nSPS) is 26.2. The van der Waals surface area contributed by atoms with Crippen LogP contribution >= 0.6 is 27.5 Å². The molecule has 20 heavy (non-hydrogen) atoms. The van der Waals surface area contributed by atoms with Crippen LogP contribution in [0.3, 0.4) is 0 Å². The van der Waals surface area contributed by atoms with Gasteiger partial charge < -0.3 is 0 Å². The number of halogens is 2. The molecule has 2 rings (SSSR count). The van der Waals surface area contributed by atoms with Crippen LogP contribution < -0.4 is 0 Å². The fourth-order valence-electron chi connectivity index (χ4n) is 3.52. The fourth-order valence-corrected chi connectivity index (χ4v) is 4.70. The Balaban J connectivity index is 2.19. The van der Waals surface area contributed by atoms with Gasteiger partial charge in [0.05, 0.1) is 0 Å².